The first-order valence-corrected chi connectivity index (χ1v) is 11.5. The summed E-state index contributed by atoms with van der Waals surface area (Å²) in [6.45, 7) is 0.880. The zero-order valence-electron chi connectivity index (χ0n) is 19.2. The molecule has 7 nitrogen and oxygen atoms in total. The zero-order chi connectivity index (χ0) is 25.0. The molecule has 1 aliphatic heterocycles. The summed E-state index contributed by atoms with van der Waals surface area (Å²) in [4.78, 5) is 14.8. The van der Waals surface area contributed by atoms with Gasteiger partial charge in [0.15, 0.2) is 5.82 Å². The third-order valence-electron chi connectivity index (χ3n) is 6.60. The molecule has 1 N–H and O–H groups in total. The molecule has 0 amide bonds. The van der Waals surface area contributed by atoms with E-state index in [-0.39, 0.29) is 23.4 Å². The highest BCUT2D eigenvalue weighted by Crippen LogP contribution is 2.43. The molecule has 1 aliphatic carbocycles. The third kappa shape index (κ3) is 3.94. The number of benzene rings is 2. The van der Waals surface area contributed by atoms with Gasteiger partial charge in [-0.15, -0.1) is 0 Å². The number of anilines is 3. The Labute approximate surface area is 203 Å². The number of rotatable bonds is 5. The molecule has 1 unspecified atom stereocenters. The van der Waals surface area contributed by atoms with Crippen LogP contribution < -0.4 is 10.2 Å². The molecule has 2 aromatic heterocycles. The van der Waals surface area contributed by atoms with Crippen molar-refractivity contribution < 1.29 is 17.6 Å². The molecule has 1 atom stereocenters. The van der Waals surface area contributed by atoms with Gasteiger partial charge in [-0.05, 0) is 55.7 Å². The summed E-state index contributed by atoms with van der Waals surface area (Å²) in [6.07, 6.45) is 2.67. The minimum Gasteiger partial charge on any atom is -0.344 e. The van der Waals surface area contributed by atoms with Crippen LogP contribution in [0.15, 0.2) is 48.8 Å². The van der Waals surface area contributed by atoms with E-state index in [0.29, 0.717) is 35.9 Å². The molecule has 6 rings (SSSR count). The number of hydrogen-bond acceptors (Lipinski definition) is 6. The number of nitrogens with zero attached hydrogens (tertiary/aromatic N) is 6. The van der Waals surface area contributed by atoms with Gasteiger partial charge in [-0.2, -0.15) is 10.1 Å². The Hall–Kier alpha value is -4.02. The summed E-state index contributed by atoms with van der Waals surface area (Å²) in [5.41, 5.74) is 3.04. The Bertz CT molecular complexity index is 1440. The predicted molar refractivity (Wildman–Crippen MR) is 125 cm³/mol. The van der Waals surface area contributed by atoms with Crippen LogP contribution in [0.4, 0.5) is 35.0 Å². The topological polar surface area (TPSA) is 71.8 Å². The van der Waals surface area contributed by atoms with E-state index in [1.54, 1.807) is 31.2 Å². The Kier molecular flexibility index (Phi) is 5.16. The first-order valence-electron chi connectivity index (χ1n) is 11.5. The molecule has 1 fully saturated rings. The molecule has 2 aromatic carbocycles. The van der Waals surface area contributed by atoms with Crippen LogP contribution in [0, 0.1) is 18.6 Å². The maximum Gasteiger partial charge on any atom is 0.282 e. The lowest BCUT2D eigenvalue weighted by Gasteiger charge is -2.40. The van der Waals surface area contributed by atoms with Gasteiger partial charge in [0.1, 0.15) is 29.5 Å². The number of fused-ring (bicyclic) bond motifs is 1. The van der Waals surface area contributed by atoms with E-state index < -0.39 is 24.8 Å². The molecular weight excluding hydrogens is 474 g/mol. The van der Waals surface area contributed by atoms with Gasteiger partial charge in [-0.3, -0.25) is 0 Å². The smallest absolute Gasteiger partial charge is 0.282 e. The molecule has 184 valence electrons. The summed E-state index contributed by atoms with van der Waals surface area (Å²) in [7, 11) is 0. The van der Waals surface area contributed by atoms with Crippen molar-refractivity contribution in [1.29, 1.82) is 0 Å². The van der Waals surface area contributed by atoms with Crippen LogP contribution in [-0.2, 0) is 6.42 Å². The average molecular weight is 495 g/mol. The Balaban J connectivity index is 1.36. The van der Waals surface area contributed by atoms with E-state index >= 15 is 0 Å². The van der Waals surface area contributed by atoms with Gasteiger partial charge in [0.2, 0.25) is 5.95 Å². The van der Waals surface area contributed by atoms with Crippen LogP contribution in [0.25, 0.3) is 5.69 Å². The minimum atomic E-state index is -2.77. The molecule has 0 saturated carbocycles. The molecule has 0 bridgehead atoms. The highest BCUT2D eigenvalue weighted by molar-refractivity contribution is 5.63. The van der Waals surface area contributed by atoms with Gasteiger partial charge in [0.25, 0.3) is 5.92 Å². The molecule has 11 heteroatoms. The van der Waals surface area contributed by atoms with Crippen molar-refractivity contribution in [3.8, 4) is 5.69 Å². The van der Waals surface area contributed by atoms with Gasteiger partial charge >= 0.3 is 0 Å². The van der Waals surface area contributed by atoms with Gasteiger partial charge in [-0.1, -0.05) is 12.1 Å². The number of alkyl halides is 2. The van der Waals surface area contributed by atoms with Crippen LogP contribution >= 0.6 is 0 Å². The van der Waals surface area contributed by atoms with E-state index in [1.807, 2.05) is 0 Å². The van der Waals surface area contributed by atoms with Crippen LogP contribution in [0.2, 0.25) is 0 Å². The van der Waals surface area contributed by atoms with E-state index in [9.17, 15) is 17.6 Å². The Morgan fingerprint density at radius 2 is 1.81 bits per heavy atom. The number of aryl methyl sites for hydroxylation is 1. The van der Waals surface area contributed by atoms with Crippen molar-refractivity contribution in [2.45, 2.75) is 31.6 Å². The summed E-state index contributed by atoms with van der Waals surface area (Å²) in [6, 6.07) is 10.7. The second-order valence-corrected chi connectivity index (χ2v) is 9.10. The first kappa shape index (κ1) is 22.4. The number of aromatic nitrogens is 5. The summed E-state index contributed by atoms with van der Waals surface area (Å²) >= 11 is 0. The summed E-state index contributed by atoms with van der Waals surface area (Å²) in [5, 5.41) is 7.06. The number of hydrogen-bond donors (Lipinski definition) is 1. The number of halogens is 4. The lowest BCUT2D eigenvalue weighted by Crippen LogP contribution is -2.57. The minimum absolute atomic E-state index is 0.126. The SMILES string of the molecule is Cc1ncnn1-c1ccc(Nc2nc3c(c(N4CC(F)(F)C4)n2)CCC3c2ccc(F)cc2)cc1F. The van der Waals surface area contributed by atoms with Gasteiger partial charge in [-0.25, -0.2) is 32.2 Å². The van der Waals surface area contributed by atoms with Crippen LogP contribution in [0.3, 0.4) is 0 Å². The fraction of sp³-hybridized carbons (Fsp3) is 0.280. The molecule has 1 saturated heterocycles. The fourth-order valence-electron chi connectivity index (χ4n) is 4.86. The third-order valence-corrected chi connectivity index (χ3v) is 6.60. The average Bonchev–Trinajstić information content (AvgIpc) is 3.44. The molecular formula is C25H21F4N7. The van der Waals surface area contributed by atoms with E-state index in [1.165, 1.54) is 34.1 Å². The Morgan fingerprint density at radius 3 is 2.47 bits per heavy atom. The normalized spacial score (nSPS) is 18.1. The van der Waals surface area contributed by atoms with Crippen molar-refractivity contribution in [3.05, 3.63) is 83.1 Å². The van der Waals surface area contributed by atoms with E-state index in [0.717, 1.165) is 11.1 Å². The van der Waals surface area contributed by atoms with Crippen LogP contribution in [0.1, 0.15) is 35.0 Å². The lowest BCUT2D eigenvalue weighted by atomic mass is 9.96. The number of nitrogens with one attached hydrogen (secondary N) is 1. The maximum atomic E-state index is 14.9. The first-order chi connectivity index (χ1) is 17.3. The van der Waals surface area contributed by atoms with Crippen LogP contribution in [0.5, 0.6) is 0 Å². The predicted octanol–water partition coefficient (Wildman–Crippen LogP) is 4.92. The highest BCUT2D eigenvalue weighted by atomic mass is 19.3. The second kappa shape index (κ2) is 8.28. The van der Waals surface area contributed by atoms with Crippen molar-refractivity contribution in [1.82, 2.24) is 24.7 Å². The van der Waals surface area contributed by atoms with Crippen molar-refractivity contribution in [3.63, 3.8) is 0 Å². The molecule has 3 heterocycles. The van der Waals surface area contributed by atoms with Gasteiger partial charge in [0, 0.05) is 17.2 Å². The van der Waals surface area contributed by atoms with Crippen molar-refractivity contribution in [2.24, 2.45) is 0 Å². The molecule has 4 aromatic rings. The van der Waals surface area contributed by atoms with Gasteiger partial charge in [0.05, 0.1) is 18.8 Å². The largest absolute Gasteiger partial charge is 0.344 e. The molecule has 0 spiro atoms. The van der Waals surface area contributed by atoms with Crippen LogP contribution in [-0.4, -0.2) is 43.7 Å². The van der Waals surface area contributed by atoms with Crippen molar-refractivity contribution >= 4 is 17.5 Å². The maximum absolute atomic E-state index is 14.9. The zero-order valence-corrected chi connectivity index (χ0v) is 19.2. The second-order valence-electron chi connectivity index (χ2n) is 9.10. The van der Waals surface area contributed by atoms with E-state index in [4.69, 9.17) is 4.98 Å². The summed E-state index contributed by atoms with van der Waals surface area (Å²) < 4.78 is 57.2. The highest BCUT2D eigenvalue weighted by Gasteiger charge is 2.46. The molecule has 2 aliphatic rings. The lowest BCUT2D eigenvalue weighted by molar-refractivity contribution is -0.0267. The Morgan fingerprint density at radius 1 is 1.03 bits per heavy atom. The summed E-state index contributed by atoms with van der Waals surface area (Å²) in [5.74, 6) is -2.58. The van der Waals surface area contributed by atoms with Gasteiger partial charge < -0.3 is 10.2 Å². The fourth-order valence-corrected chi connectivity index (χ4v) is 4.86. The monoisotopic (exact) mass is 495 g/mol. The molecule has 0 radical (unpaired) electrons. The van der Waals surface area contributed by atoms with E-state index in [2.05, 4.69) is 20.4 Å². The van der Waals surface area contributed by atoms with Crippen molar-refractivity contribution in [2.75, 3.05) is 23.3 Å². The quantitative estimate of drug-likeness (QED) is 0.397. The molecule has 36 heavy (non-hydrogen) atoms. The standard InChI is InChI=1S/C25H21F4N7/c1-14-30-13-31-36(14)21-9-6-17(10-20(21)27)32-24-33-22-18(15-2-4-16(26)5-3-15)7-8-19(22)23(34-24)35-11-25(28,29)12-35/h2-6,9-10,13,18H,7-8,11-12H2,1H3,(H,32,33,34).